The van der Waals surface area contributed by atoms with Crippen LogP contribution < -0.4 is 0 Å². The molecule has 4 nitrogen and oxygen atoms in total. The second kappa shape index (κ2) is 4.64. The summed E-state index contributed by atoms with van der Waals surface area (Å²) in [7, 11) is 1.78. The van der Waals surface area contributed by atoms with Crippen molar-refractivity contribution in [3.63, 3.8) is 0 Å². The van der Waals surface area contributed by atoms with Crippen LogP contribution in [0.25, 0.3) is 0 Å². The monoisotopic (exact) mass is 212 g/mol. The van der Waals surface area contributed by atoms with Gasteiger partial charge in [0, 0.05) is 20.1 Å². The Labute approximate surface area is 91.2 Å². The van der Waals surface area contributed by atoms with E-state index in [9.17, 15) is 9.59 Å². The van der Waals surface area contributed by atoms with Crippen LogP contribution in [0.4, 0.5) is 4.79 Å². The Hall–Kier alpha value is -1.06. The zero-order valence-electron chi connectivity index (χ0n) is 9.99. The van der Waals surface area contributed by atoms with Crippen molar-refractivity contribution < 1.29 is 9.59 Å². The van der Waals surface area contributed by atoms with Gasteiger partial charge in [-0.1, -0.05) is 13.8 Å². The topological polar surface area (TPSA) is 40.6 Å². The average Bonchev–Trinajstić information content (AvgIpc) is 2.11. The fourth-order valence-corrected chi connectivity index (χ4v) is 2.20. The van der Waals surface area contributed by atoms with Crippen LogP contribution in [0.1, 0.15) is 27.2 Å². The molecule has 1 aliphatic rings. The Morgan fingerprint density at radius 3 is 2.40 bits per heavy atom. The Bertz CT molecular complexity index is 263. The zero-order valence-corrected chi connectivity index (χ0v) is 9.99. The minimum absolute atomic E-state index is 0.0184. The van der Waals surface area contributed by atoms with E-state index >= 15 is 0 Å². The molecule has 1 saturated heterocycles. The van der Waals surface area contributed by atoms with Crippen LogP contribution in [0.3, 0.4) is 0 Å². The third-order valence-electron chi connectivity index (χ3n) is 2.85. The van der Waals surface area contributed by atoms with E-state index in [1.165, 1.54) is 0 Å². The number of rotatable bonds is 3. The number of amides is 2. The van der Waals surface area contributed by atoms with Crippen molar-refractivity contribution in [2.24, 2.45) is 5.92 Å². The van der Waals surface area contributed by atoms with Gasteiger partial charge in [-0.25, -0.2) is 4.79 Å². The van der Waals surface area contributed by atoms with E-state index in [2.05, 4.69) is 0 Å². The quantitative estimate of drug-likeness (QED) is 0.708. The number of hydrogen-bond acceptors (Lipinski definition) is 2. The van der Waals surface area contributed by atoms with Crippen molar-refractivity contribution in [1.29, 1.82) is 0 Å². The van der Waals surface area contributed by atoms with Crippen LogP contribution in [-0.4, -0.2) is 47.8 Å². The summed E-state index contributed by atoms with van der Waals surface area (Å²) in [5, 5.41) is 0. The Kier molecular flexibility index (Phi) is 3.72. The smallest absolute Gasteiger partial charge is 0.320 e. The van der Waals surface area contributed by atoms with Gasteiger partial charge in [-0.05, 0) is 19.3 Å². The van der Waals surface area contributed by atoms with E-state index in [-0.39, 0.29) is 23.8 Å². The van der Waals surface area contributed by atoms with Gasteiger partial charge in [-0.15, -0.1) is 0 Å². The zero-order chi connectivity index (χ0) is 11.6. The third kappa shape index (κ3) is 2.49. The average molecular weight is 212 g/mol. The highest BCUT2D eigenvalue weighted by Crippen LogP contribution is 2.17. The van der Waals surface area contributed by atoms with Crippen molar-refractivity contribution >= 4 is 11.8 Å². The summed E-state index contributed by atoms with van der Waals surface area (Å²) in [6.45, 7) is 7.01. The first kappa shape index (κ1) is 12.0. The molecule has 0 radical (unpaired) electrons. The van der Waals surface area contributed by atoms with E-state index in [1.54, 1.807) is 23.8 Å². The summed E-state index contributed by atoms with van der Waals surface area (Å²) in [4.78, 5) is 26.8. The summed E-state index contributed by atoms with van der Waals surface area (Å²) < 4.78 is 0. The van der Waals surface area contributed by atoms with Crippen LogP contribution in [0.5, 0.6) is 0 Å². The molecule has 1 aliphatic heterocycles. The first-order valence-corrected chi connectivity index (χ1v) is 5.47. The molecule has 0 unspecified atom stereocenters. The fraction of sp³-hybridized carbons (Fsp3) is 0.818. The van der Waals surface area contributed by atoms with Crippen LogP contribution >= 0.6 is 0 Å². The fourth-order valence-electron chi connectivity index (χ4n) is 2.20. The third-order valence-corrected chi connectivity index (χ3v) is 2.85. The van der Waals surface area contributed by atoms with E-state index in [0.29, 0.717) is 6.54 Å². The molecule has 0 spiro atoms. The summed E-state index contributed by atoms with van der Waals surface area (Å²) >= 11 is 0. The van der Waals surface area contributed by atoms with Crippen molar-refractivity contribution in [2.45, 2.75) is 33.2 Å². The highest BCUT2D eigenvalue weighted by molar-refractivity contribution is 5.87. The number of carbonyl (C=O) groups is 2. The number of nitrogens with zero attached hydrogens (tertiary/aromatic N) is 2. The Morgan fingerprint density at radius 2 is 1.93 bits per heavy atom. The molecule has 2 amide bonds. The summed E-state index contributed by atoms with van der Waals surface area (Å²) in [5.41, 5.74) is 0. The van der Waals surface area contributed by atoms with Crippen LogP contribution in [0.2, 0.25) is 0 Å². The minimum Gasteiger partial charge on any atom is -0.328 e. The Morgan fingerprint density at radius 1 is 1.33 bits per heavy atom. The molecule has 0 saturated carbocycles. The number of carbonyl (C=O) groups excluding carboxylic acids is 2. The molecule has 0 aromatic heterocycles. The molecule has 0 bridgehead atoms. The molecule has 4 heteroatoms. The van der Waals surface area contributed by atoms with Gasteiger partial charge in [0.2, 0.25) is 0 Å². The first-order chi connectivity index (χ1) is 6.95. The second-order valence-electron chi connectivity index (χ2n) is 4.55. The van der Waals surface area contributed by atoms with Crippen molar-refractivity contribution in [1.82, 2.24) is 9.80 Å². The Balaban J connectivity index is 2.83. The van der Waals surface area contributed by atoms with Gasteiger partial charge in [0.05, 0.1) is 6.04 Å². The van der Waals surface area contributed by atoms with Crippen molar-refractivity contribution in [2.75, 3.05) is 20.1 Å². The molecular formula is C11H20N2O2. The predicted molar refractivity (Wildman–Crippen MR) is 58.7 cm³/mol. The maximum absolute atomic E-state index is 11.9. The molecule has 1 rings (SSSR count). The molecule has 0 N–H and O–H groups in total. The normalized spacial score (nSPS) is 19.7. The maximum Gasteiger partial charge on any atom is 0.320 e. The number of urea groups is 1. The largest absolute Gasteiger partial charge is 0.328 e. The highest BCUT2D eigenvalue weighted by Gasteiger charge is 2.33. The van der Waals surface area contributed by atoms with Crippen molar-refractivity contribution in [3.05, 3.63) is 0 Å². The molecule has 0 aromatic rings. The molecule has 1 heterocycles. The molecule has 1 fully saturated rings. The number of ketones is 1. The van der Waals surface area contributed by atoms with Gasteiger partial charge in [0.25, 0.3) is 0 Å². The molecular weight excluding hydrogens is 192 g/mol. The van der Waals surface area contributed by atoms with E-state index in [1.807, 2.05) is 13.8 Å². The van der Waals surface area contributed by atoms with Gasteiger partial charge in [0.15, 0.2) is 5.78 Å². The molecule has 0 aliphatic carbocycles. The SMILES string of the molecule is CC(=O)[C@H](C(C)C)N1CCCN(C)C1=O. The number of Topliss-reactive ketones (excluding diaryl/α,β-unsaturated/α-hetero) is 1. The maximum atomic E-state index is 11.9. The van der Waals surface area contributed by atoms with Gasteiger partial charge in [0.1, 0.15) is 0 Å². The van der Waals surface area contributed by atoms with E-state index in [0.717, 1.165) is 13.0 Å². The molecule has 15 heavy (non-hydrogen) atoms. The van der Waals surface area contributed by atoms with Gasteiger partial charge < -0.3 is 9.80 Å². The van der Waals surface area contributed by atoms with Gasteiger partial charge in [-0.3, -0.25) is 4.79 Å². The second-order valence-corrected chi connectivity index (χ2v) is 4.55. The lowest BCUT2D eigenvalue weighted by Gasteiger charge is -2.39. The summed E-state index contributed by atoms with van der Waals surface area (Å²) in [5.74, 6) is 0.256. The molecule has 0 aromatic carbocycles. The predicted octanol–water partition coefficient (Wildman–Crippen LogP) is 1.36. The lowest BCUT2D eigenvalue weighted by atomic mass is 9.98. The standard InChI is InChI=1S/C11H20N2O2/c1-8(2)10(9(3)14)13-7-5-6-12(4)11(13)15/h8,10H,5-7H2,1-4H3/t10-/m0/s1. The first-order valence-electron chi connectivity index (χ1n) is 5.47. The summed E-state index contributed by atoms with van der Waals surface area (Å²) in [6, 6.07) is -0.282. The van der Waals surface area contributed by atoms with E-state index < -0.39 is 0 Å². The van der Waals surface area contributed by atoms with Crippen molar-refractivity contribution in [3.8, 4) is 0 Å². The van der Waals surface area contributed by atoms with Crippen LogP contribution in [0, 0.1) is 5.92 Å². The van der Waals surface area contributed by atoms with Gasteiger partial charge in [-0.2, -0.15) is 0 Å². The highest BCUT2D eigenvalue weighted by atomic mass is 16.2. The molecule has 86 valence electrons. The van der Waals surface area contributed by atoms with Crippen LogP contribution in [0.15, 0.2) is 0 Å². The van der Waals surface area contributed by atoms with E-state index in [4.69, 9.17) is 0 Å². The minimum atomic E-state index is -0.264. The van der Waals surface area contributed by atoms with Gasteiger partial charge >= 0.3 is 6.03 Å². The summed E-state index contributed by atoms with van der Waals surface area (Å²) in [6.07, 6.45) is 0.943. The molecule has 1 atom stereocenters. The van der Waals surface area contributed by atoms with Crippen LogP contribution in [-0.2, 0) is 4.79 Å². The lowest BCUT2D eigenvalue weighted by Crippen LogP contribution is -2.55. The lowest BCUT2D eigenvalue weighted by molar-refractivity contribution is -0.123. The number of hydrogen-bond donors (Lipinski definition) is 0.